The van der Waals surface area contributed by atoms with E-state index in [1.165, 1.54) is 23.3 Å². The van der Waals surface area contributed by atoms with Crippen molar-refractivity contribution in [3.05, 3.63) is 54.3 Å². The molecule has 0 radical (unpaired) electrons. The fourth-order valence-corrected chi connectivity index (χ4v) is 1.87. The lowest BCUT2D eigenvalue weighted by atomic mass is 10.3. The van der Waals surface area contributed by atoms with E-state index in [9.17, 15) is 9.59 Å². The summed E-state index contributed by atoms with van der Waals surface area (Å²) in [5.41, 5.74) is 0.574. The second-order valence-corrected chi connectivity index (χ2v) is 4.98. The highest BCUT2D eigenvalue weighted by atomic mass is 35.5. The summed E-state index contributed by atoms with van der Waals surface area (Å²) in [5.74, 6) is -0.112. The van der Waals surface area contributed by atoms with E-state index in [0.29, 0.717) is 10.7 Å². The van der Waals surface area contributed by atoms with Gasteiger partial charge in [-0.05, 0) is 24.3 Å². The van der Waals surface area contributed by atoms with Gasteiger partial charge in [-0.1, -0.05) is 22.8 Å². The first kappa shape index (κ1) is 16.6. The van der Waals surface area contributed by atoms with Gasteiger partial charge in [0, 0.05) is 23.3 Å². The third-order valence-corrected chi connectivity index (χ3v) is 3.02. The number of hydrogen-bond acceptors (Lipinski definition) is 4. The fraction of sp³-hybridized carbons (Fsp3) is 0.133. The van der Waals surface area contributed by atoms with Crippen molar-refractivity contribution >= 4 is 35.0 Å². The van der Waals surface area contributed by atoms with Crippen LogP contribution in [-0.4, -0.2) is 35.1 Å². The molecule has 2 rings (SSSR count). The first-order valence-electron chi connectivity index (χ1n) is 6.71. The number of carbonyl (C=O) groups is 2. The summed E-state index contributed by atoms with van der Waals surface area (Å²) in [5, 5.41) is 9.34. The molecular formula is C15H15ClN4O3. The molecule has 0 aliphatic heterocycles. The summed E-state index contributed by atoms with van der Waals surface area (Å²) >= 11 is 5.79. The number of rotatable bonds is 6. The van der Waals surface area contributed by atoms with Gasteiger partial charge in [-0.15, -0.1) is 6.58 Å². The van der Waals surface area contributed by atoms with Crippen molar-refractivity contribution in [3.63, 3.8) is 0 Å². The second-order valence-electron chi connectivity index (χ2n) is 4.54. The van der Waals surface area contributed by atoms with Crippen molar-refractivity contribution in [3.8, 4) is 0 Å². The van der Waals surface area contributed by atoms with Crippen molar-refractivity contribution < 1.29 is 14.1 Å². The number of aromatic nitrogens is 1. The standard InChI is InChI=1S/C15H15ClN4O3/c1-2-8-20(10-14(21)18-13-7-9-23-19-13)15(22)17-12-5-3-11(16)4-6-12/h2-7,9H,1,8,10H2,(H,17,22)(H,18,19,21). The smallest absolute Gasteiger partial charge is 0.322 e. The molecule has 0 saturated carbocycles. The molecule has 0 aliphatic carbocycles. The molecule has 0 saturated heterocycles. The summed E-state index contributed by atoms with van der Waals surface area (Å²) in [6.07, 6.45) is 2.87. The molecule has 3 amide bonds. The Morgan fingerprint density at radius 3 is 2.61 bits per heavy atom. The quantitative estimate of drug-likeness (QED) is 0.795. The summed E-state index contributed by atoms with van der Waals surface area (Å²) in [4.78, 5) is 25.5. The minimum Gasteiger partial charge on any atom is -0.363 e. The minimum absolute atomic E-state index is 0.154. The lowest BCUT2D eigenvalue weighted by Gasteiger charge is -2.20. The predicted molar refractivity (Wildman–Crippen MR) is 87.4 cm³/mol. The van der Waals surface area contributed by atoms with Gasteiger partial charge in [-0.25, -0.2) is 4.79 Å². The van der Waals surface area contributed by atoms with Crippen LogP contribution in [0, 0.1) is 0 Å². The zero-order valence-corrected chi connectivity index (χ0v) is 12.9. The number of carbonyl (C=O) groups excluding carboxylic acids is 2. The first-order valence-corrected chi connectivity index (χ1v) is 7.09. The molecule has 8 heteroatoms. The molecule has 0 spiro atoms. The van der Waals surface area contributed by atoms with Crippen LogP contribution in [0.15, 0.2) is 53.8 Å². The van der Waals surface area contributed by atoms with Crippen LogP contribution in [0.25, 0.3) is 0 Å². The molecule has 0 unspecified atom stereocenters. The van der Waals surface area contributed by atoms with Crippen molar-refractivity contribution in [2.75, 3.05) is 23.7 Å². The first-order chi connectivity index (χ1) is 11.1. The van der Waals surface area contributed by atoms with E-state index in [-0.39, 0.29) is 18.9 Å². The number of nitrogens with one attached hydrogen (secondary N) is 2. The van der Waals surface area contributed by atoms with Crippen molar-refractivity contribution in [1.82, 2.24) is 10.1 Å². The van der Waals surface area contributed by atoms with Crippen molar-refractivity contribution in [2.45, 2.75) is 0 Å². The Hall–Kier alpha value is -2.80. The number of hydrogen-bond donors (Lipinski definition) is 2. The number of urea groups is 1. The average molecular weight is 335 g/mol. The molecule has 1 aromatic carbocycles. The van der Waals surface area contributed by atoms with Crippen LogP contribution in [0.3, 0.4) is 0 Å². The minimum atomic E-state index is -0.428. The molecule has 120 valence electrons. The van der Waals surface area contributed by atoms with Gasteiger partial charge in [0.15, 0.2) is 5.82 Å². The lowest BCUT2D eigenvalue weighted by molar-refractivity contribution is -0.116. The third-order valence-electron chi connectivity index (χ3n) is 2.77. The van der Waals surface area contributed by atoms with E-state index in [0.717, 1.165) is 0 Å². The van der Waals surface area contributed by atoms with Gasteiger partial charge in [0.2, 0.25) is 5.91 Å². The number of amides is 3. The zero-order chi connectivity index (χ0) is 16.7. The van der Waals surface area contributed by atoms with Gasteiger partial charge in [-0.3, -0.25) is 4.79 Å². The number of halogens is 1. The summed E-state index contributed by atoms with van der Waals surface area (Å²) in [7, 11) is 0. The van der Waals surface area contributed by atoms with Crippen molar-refractivity contribution in [1.29, 1.82) is 0 Å². The molecule has 2 N–H and O–H groups in total. The Bertz CT molecular complexity index is 671. The summed E-state index contributed by atoms with van der Waals surface area (Å²) in [6, 6.07) is 7.73. The Morgan fingerprint density at radius 1 is 1.26 bits per heavy atom. The molecule has 0 aliphatic rings. The summed E-state index contributed by atoms with van der Waals surface area (Å²) in [6.45, 7) is 3.65. The maximum absolute atomic E-state index is 12.2. The van der Waals surface area contributed by atoms with Crippen molar-refractivity contribution in [2.24, 2.45) is 0 Å². The zero-order valence-electron chi connectivity index (χ0n) is 12.2. The van der Waals surface area contributed by atoms with E-state index in [1.54, 1.807) is 24.3 Å². The van der Waals surface area contributed by atoms with Gasteiger partial charge in [0.1, 0.15) is 12.8 Å². The van der Waals surface area contributed by atoms with E-state index in [1.807, 2.05) is 0 Å². The largest absolute Gasteiger partial charge is 0.363 e. The fourth-order valence-electron chi connectivity index (χ4n) is 1.74. The van der Waals surface area contributed by atoms with Crippen LogP contribution in [0.4, 0.5) is 16.3 Å². The van der Waals surface area contributed by atoms with Crippen LogP contribution >= 0.6 is 11.6 Å². The van der Waals surface area contributed by atoms with E-state index in [2.05, 4.69) is 26.9 Å². The van der Waals surface area contributed by atoms with Crippen LogP contribution in [0.2, 0.25) is 5.02 Å². The maximum atomic E-state index is 12.2. The Balaban J connectivity index is 1.96. The van der Waals surface area contributed by atoms with E-state index < -0.39 is 11.9 Å². The highest BCUT2D eigenvalue weighted by Crippen LogP contribution is 2.14. The Morgan fingerprint density at radius 2 is 2.00 bits per heavy atom. The normalized spacial score (nSPS) is 9.96. The average Bonchev–Trinajstić information content (AvgIpc) is 3.02. The van der Waals surface area contributed by atoms with Crippen LogP contribution in [-0.2, 0) is 4.79 Å². The maximum Gasteiger partial charge on any atom is 0.322 e. The topological polar surface area (TPSA) is 87.5 Å². The molecule has 0 fully saturated rings. The van der Waals surface area contributed by atoms with Gasteiger partial charge < -0.3 is 20.1 Å². The number of nitrogens with zero attached hydrogens (tertiary/aromatic N) is 2. The highest BCUT2D eigenvalue weighted by Gasteiger charge is 2.16. The molecule has 23 heavy (non-hydrogen) atoms. The Labute approximate surface area is 137 Å². The monoisotopic (exact) mass is 334 g/mol. The molecular weight excluding hydrogens is 320 g/mol. The number of benzene rings is 1. The van der Waals surface area contributed by atoms with Gasteiger partial charge in [-0.2, -0.15) is 0 Å². The number of anilines is 2. The van der Waals surface area contributed by atoms with Gasteiger partial charge in [0.25, 0.3) is 0 Å². The van der Waals surface area contributed by atoms with Gasteiger partial charge >= 0.3 is 6.03 Å². The summed E-state index contributed by atoms with van der Waals surface area (Å²) < 4.78 is 4.62. The third kappa shape index (κ3) is 5.15. The second kappa shape index (κ2) is 8.00. The molecule has 1 heterocycles. The van der Waals surface area contributed by atoms with E-state index in [4.69, 9.17) is 11.6 Å². The highest BCUT2D eigenvalue weighted by molar-refractivity contribution is 6.30. The predicted octanol–water partition coefficient (Wildman–Crippen LogP) is 2.99. The van der Waals surface area contributed by atoms with E-state index >= 15 is 0 Å². The SMILES string of the molecule is C=CCN(CC(=O)Nc1ccon1)C(=O)Nc1ccc(Cl)cc1. The molecule has 2 aromatic rings. The molecule has 1 aromatic heterocycles. The van der Waals surface area contributed by atoms with Crippen LogP contribution in [0.1, 0.15) is 0 Å². The Kier molecular flexibility index (Phi) is 5.76. The lowest BCUT2D eigenvalue weighted by Crippen LogP contribution is -2.40. The molecule has 7 nitrogen and oxygen atoms in total. The van der Waals surface area contributed by atoms with Gasteiger partial charge in [0.05, 0.1) is 0 Å². The van der Waals surface area contributed by atoms with Crippen LogP contribution in [0.5, 0.6) is 0 Å². The van der Waals surface area contributed by atoms with Crippen LogP contribution < -0.4 is 10.6 Å². The molecule has 0 atom stereocenters. The molecule has 0 bridgehead atoms.